The molecule has 0 aliphatic rings. The van der Waals surface area contributed by atoms with Crippen molar-refractivity contribution in [3.05, 3.63) is 0 Å². The Kier molecular flexibility index (Phi) is 6.60. The fourth-order valence-corrected chi connectivity index (χ4v) is 1.83. The van der Waals surface area contributed by atoms with Gasteiger partial charge in [-0.25, -0.2) is 0 Å². The second-order valence-corrected chi connectivity index (χ2v) is 4.77. The number of nitrogens with two attached hydrogens (primary N) is 1. The van der Waals surface area contributed by atoms with E-state index in [2.05, 4.69) is 24.1 Å². The SMILES string of the molecule is CCN(CC)CCC(C)(NC(C)C)C(N)=O. The molecule has 1 unspecified atom stereocenters. The predicted molar refractivity (Wildman–Crippen MR) is 68.3 cm³/mol. The highest BCUT2D eigenvalue weighted by atomic mass is 16.1. The second kappa shape index (κ2) is 6.86. The summed E-state index contributed by atoms with van der Waals surface area (Å²) in [4.78, 5) is 13.8. The van der Waals surface area contributed by atoms with E-state index in [1.165, 1.54) is 0 Å². The Morgan fingerprint density at radius 3 is 2.19 bits per heavy atom. The zero-order valence-electron chi connectivity index (χ0n) is 11.3. The smallest absolute Gasteiger partial charge is 0.237 e. The molecule has 0 bridgehead atoms. The predicted octanol–water partition coefficient (Wildman–Crippen LogP) is 0.960. The molecular weight excluding hydrogens is 202 g/mol. The number of primary amides is 1. The Morgan fingerprint density at radius 1 is 1.38 bits per heavy atom. The molecule has 0 aromatic heterocycles. The van der Waals surface area contributed by atoms with Gasteiger partial charge in [-0.2, -0.15) is 0 Å². The van der Waals surface area contributed by atoms with E-state index >= 15 is 0 Å². The van der Waals surface area contributed by atoms with Crippen molar-refractivity contribution in [3.8, 4) is 0 Å². The molecule has 0 fully saturated rings. The van der Waals surface area contributed by atoms with Gasteiger partial charge in [0, 0.05) is 12.6 Å². The van der Waals surface area contributed by atoms with Crippen LogP contribution in [-0.4, -0.2) is 42.0 Å². The van der Waals surface area contributed by atoms with E-state index in [0.717, 1.165) is 26.1 Å². The lowest BCUT2D eigenvalue weighted by molar-refractivity contribution is -0.124. The molecule has 96 valence electrons. The van der Waals surface area contributed by atoms with Crippen LogP contribution in [0, 0.1) is 0 Å². The largest absolute Gasteiger partial charge is 0.368 e. The van der Waals surface area contributed by atoms with Gasteiger partial charge in [0.2, 0.25) is 5.91 Å². The summed E-state index contributed by atoms with van der Waals surface area (Å²) in [5.74, 6) is -0.270. The van der Waals surface area contributed by atoms with Crippen LogP contribution >= 0.6 is 0 Å². The van der Waals surface area contributed by atoms with Gasteiger partial charge < -0.3 is 16.0 Å². The molecule has 0 aliphatic carbocycles. The molecule has 0 spiro atoms. The third-order valence-electron chi connectivity index (χ3n) is 2.97. The highest BCUT2D eigenvalue weighted by Gasteiger charge is 2.31. The van der Waals surface area contributed by atoms with Crippen molar-refractivity contribution >= 4 is 5.91 Å². The molecule has 0 rings (SSSR count). The van der Waals surface area contributed by atoms with E-state index in [1.807, 2.05) is 20.8 Å². The molecule has 0 saturated carbocycles. The normalized spacial score (nSPS) is 15.4. The third-order valence-corrected chi connectivity index (χ3v) is 2.97. The van der Waals surface area contributed by atoms with Crippen molar-refractivity contribution in [1.82, 2.24) is 10.2 Å². The lowest BCUT2D eigenvalue weighted by Gasteiger charge is -2.32. The molecule has 0 aromatic carbocycles. The number of hydrogen-bond donors (Lipinski definition) is 2. The molecule has 4 heteroatoms. The first-order valence-electron chi connectivity index (χ1n) is 6.15. The highest BCUT2D eigenvalue weighted by molar-refractivity contribution is 5.84. The van der Waals surface area contributed by atoms with Gasteiger partial charge in [0.25, 0.3) is 0 Å². The molecule has 3 N–H and O–H groups in total. The van der Waals surface area contributed by atoms with E-state index in [4.69, 9.17) is 5.73 Å². The topological polar surface area (TPSA) is 58.4 Å². The van der Waals surface area contributed by atoms with Gasteiger partial charge in [-0.1, -0.05) is 13.8 Å². The minimum Gasteiger partial charge on any atom is -0.368 e. The molecule has 1 atom stereocenters. The van der Waals surface area contributed by atoms with Crippen LogP contribution in [0.2, 0.25) is 0 Å². The molecule has 0 aromatic rings. The van der Waals surface area contributed by atoms with E-state index in [9.17, 15) is 4.79 Å². The van der Waals surface area contributed by atoms with Crippen LogP contribution in [0.25, 0.3) is 0 Å². The second-order valence-electron chi connectivity index (χ2n) is 4.77. The number of amides is 1. The summed E-state index contributed by atoms with van der Waals surface area (Å²) in [6.07, 6.45) is 0.752. The van der Waals surface area contributed by atoms with E-state index in [1.54, 1.807) is 0 Å². The van der Waals surface area contributed by atoms with Gasteiger partial charge >= 0.3 is 0 Å². The van der Waals surface area contributed by atoms with Crippen molar-refractivity contribution in [1.29, 1.82) is 0 Å². The zero-order valence-corrected chi connectivity index (χ0v) is 11.3. The molecule has 0 radical (unpaired) electrons. The summed E-state index contributed by atoms with van der Waals surface area (Å²) >= 11 is 0. The Balaban J connectivity index is 4.38. The van der Waals surface area contributed by atoms with Crippen LogP contribution < -0.4 is 11.1 Å². The minimum absolute atomic E-state index is 0.259. The zero-order chi connectivity index (χ0) is 12.8. The maximum absolute atomic E-state index is 11.5. The summed E-state index contributed by atoms with van der Waals surface area (Å²) in [6.45, 7) is 13.1. The standard InChI is InChI=1S/C12H27N3O/c1-6-15(7-2)9-8-12(5,11(13)16)14-10(3)4/h10,14H,6-9H2,1-5H3,(H2,13,16). The Bertz CT molecular complexity index is 214. The van der Waals surface area contributed by atoms with Crippen LogP contribution in [0.15, 0.2) is 0 Å². The van der Waals surface area contributed by atoms with Gasteiger partial charge in [-0.05, 0) is 40.3 Å². The summed E-state index contributed by atoms with van der Waals surface area (Å²) < 4.78 is 0. The molecule has 1 amide bonds. The number of rotatable bonds is 8. The summed E-state index contributed by atoms with van der Waals surface area (Å²) in [7, 11) is 0. The summed E-state index contributed by atoms with van der Waals surface area (Å²) in [5.41, 5.74) is 4.87. The molecule has 0 heterocycles. The van der Waals surface area contributed by atoms with E-state index in [0.29, 0.717) is 0 Å². The first-order chi connectivity index (χ1) is 7.35. The van der Waals surface area contributed by atoms with Gasteiger partial charge in [0.1, 0.15) is 0 Å². The van der Waals surface area contributed by atoms with Crippen molar-refractivity contribution in [2.75, 3.05) is 19.6 Å². The Morgan fingerprint density at radius 2 is 1.88 bits per heavy atom. The maximum Gasteiger partial charge on any atom is 0.237 e. The first kappa shape index (κ1) is 15.4. The van der Waals surface area contributed by atoms with Crippen LogP contribution in [0.3, 0.4) is 0 Å². The molecule has 16 heavy (non-hydrogen) atoms. The van der Waals surface area contributed by atoms with Gasteiger partial charge in [0.15, 0.2) is 0 Å². The van der Waals surface area contributed by atoms with Crippen molar-refractivity contribution in [3.63, 3.8) is 0 Å². The molecular formula is C12H27N3O. The maximum atomic E-state index is 11.5. The first-order valence-corrected chi connectivity index (χ1v) is 6.15. The number of nitrogens with one attached hydrogen (secondary N) is 1. The molecule has 0 aliphatic heterocycles. The minimum atomic E-state index is -0.600. The van der Waals surface area contributed by atoms with Crippen LogP contribution in [0.5, 0.6) is 0 Å². The summed E-state index contributed by atoms with van der Waals surface area (Å²) in [5, 5.41) is 3.26. The fraction of sp³-hybridized carbons (Fsp3) is 0.917. The number of hydrogen-bond acceptors (Lipinski definition) is 3. The molecule has 0 saturated heterocycles. The lowest BCUT2D eigenvalue weighted by atomic mass is 9.95. The average Bonchev–Trinajstić information content (AvgIpc) is 2.18. The van der Waals surface area contributed by atoms with Crippen molar-refractivity contribution < 1.29 is 4.79 Å². The average molecular weight is 229 g/mol. The molecule has 4 nitrogen and oxygen atoms in total. The van der Waals surface area contributed by atoms with Gasteiger partial charge in [-0.15, -0.1) is 0 Å². The lowest BCUT2D eigenvalue weighted by Crippen LogP contribution is -2.56. The Hall–Kier alpha value is -0.610. The number of carbonyl (C=O) groups is 1. The van der Waals surface area contributed by atoms with Crippen LogP contribution in [0.1, 0.15) is 41.0 Å². The van der Waals surface area contributed by atoms with Gasteiger partial charge in [-0.3, -0.25) is 4.79 Å². The summed E-state index contributed by atoms with van der Waals surface area (Å²) in [6, 6.07) is 0.259. The number of nitrogens with zero attached hydrogens (tertiary/aromatic N) is 1. The highest BCUT2D eigenvalue weighted by Crippen LogP contribution is 2.11. The fourth-order valence-electron chi connectivity index (χ4n) is 1.83. The van der Waals surface area contributed by atoms with E-state index < -0.39 is 5.54 Å². The van der Waals surface area contributed by atoms with Crippen LogP contribution in [0.4, 0.5) is 0 Å². The van der Waals surface area contributed by atoms with Gasteiger partial charge in [0.05, 0.1) is 5.54 Å². The quantitative estimate of drug-likeness (QED) is 0.652. The van der Waals surface area contributed by atoms with E-state index in [-0.39, 0.29) is 11.9 Å². The third kappa shape index (κ3) is 4.94. The monoisotopic (exact) mass is 229 g/mol. The van der Waals surface area contributed by atoms with Crippen LogP contribution in [-0.2, 0) is 4.79 Å². The number of carbonyl (C=O) groups excluding carboxylic acids is 1. The van der Waals surface area contributed by atoms with Crippen molar-refractivity contribution in [2.45, 2.75) is 52.6 Å². The van der Waals surface area contributed by atoms with Crippen molar-refractivity contribution in [2.24, 2.45) is 5.73 Å². The Labute approximate surface area is 99.6 Å².